The average molecular weight is 496 g/mol. The van der Waals surface area contributed by atoms with Crippen molar-refractivity contribution >= 4 is 0 Å². The predicted octanol–water partition coefficient (Wildman–Crippen LogP) is 2.57. The molecule has 1 saturated heterocycles. The molecule has 35 heavy (non-hydrogen) atoms. The summed E-state index contributed by atoms with van der Waals surface area (Å²) >= 11 is 0. The van der Waals surface area contributed by atoms with Gasteiger partial charge in [0.1, 0.15) is 35.8 Å². The number of hydrogen-bond donors (Lipinski definition) is 2. The molecule has 0 saturated carbocycles. The molecule has 1 aliphatic rings. The van der Waals surface area contributed by atoms with Crippen LogP contribution in [0.25, 0.3) is 11.3 Å². The smallest absolute Gasteiger partial charge is 0.194 e. The van der Waals surface area contributed by atoms with E-state index in [0.29, 0.717) is 11.5 Å². The second kappa shape index (κ2) is 9.69. The van der Waals surface area contributed by atoms with Crippen molar-refractivity contribution in [3.05, 3.63) is 53.3 Å². The fourth-order valence-corrected chi connectivity index (χ4v) is 4.16. The Morgan fingerprint density at radius 3 is 2.37 bits per heavy atom. The second-order valence-corrected chi connectivity index (χ2v) is 9.55. The highest BCUT2D eigenvalue weighted by Gasteiger charge is 2.47. The number of halogens is 3. The van der Waals surface area contributed by atoms with Crippen molar-refractivity contribution in [1.29, 1.82) is 0 Å². The normalized spacial score (nSPS) is 25.2. The average Bonchev–Trinajstić information content (AvgIpc) is 3.47. The van der Waals surface area contributed by atoms with Crippen molar-refractivity contribution in [2.75, 3.05) is 13.7 Å². The third-order valence-electron chi connectivity index (χ3n) is 6.04. The molecule has 0 bridgehead atoms. The van der Waals surface area contributed by atoms with E-state index in [1.54, 1.807) is 0 Å². The van der Waals surface area contributed by atoms with Gasteiger partial charge in [-0.05, 0) is 12.1 Å². The molecule has 0 spiro atoms. The largest absolute Gasteiger partial charge is 0.394 e. The summed E-state index contributed by atoms with van der Waals surface area (Å²) < 4.78 is 59.1. The maximum Gasteiger partial charge on any atom is 0.194 e. The Morgan fingerprint density at radius 2 is 1.80 bits per heavy atom. The van der Waals surface area contributed by atoms with Gasteiger partial charge in [0, 0.05) is 30.6 Å². The summed E-state index contributed by atoms with van der Waals surface area (Å²) in [5.41, 5.74) is 0.378. The maximum atomic E-state index is 13.7. The van der Waals surface area contributed by atoms with Crippen molar-refractivity contribution in [3.8, 4) is 11.3 Å². The van der Waals surface area contributed by atoms with E-state index in [1.165, 1.54) is 18.0 Å². The monoisotopic (exact) mass is 496 g/mol. The van der Waals surface area contributed by atoms with Crippen molar-refractivity contribution in [3.63, 3.8) is 0 Å². The van der Waals surface area contributed by atoms with E-state index in [1.807, 2.05) is 26.8 Å². The lowest BCUT2D eigenvalue weighted by Gasteiger charge is -2.43. The van der Waals surface area contributed by atoms with Gasteiger partial charge in [-0.25, -0.2) is 17.9 Å². The zero-order valence-corrected chi connectivity index (χ0v) is 19.7. The number of methoxy groups -OCH3 is 1. The summed E-state index contributed by atoms with van der Waals surface area (Å²) in [7, 11) is 1.44. The van der Waals surface area contributed by atoms with Crippen molar-refractivity contribution in [1.82, 2.24) is 20.2 Å². The number of aromatic nitrogens is 4. The van der Waals surface area contributed by atoms with Crippen LogP contribution in [0.4, 0.5) is 13.2 Å². The molecule has 0 amide bonds. The number of hydrogen-bond acceptors (Lipinski definition) is 8. The Morgan fingerprint density at radius 1 is 1.11 bits per heavy atom. The van der Waals surface area contributed by atoms with E-state index < -0.39 is 54.5 Å². The van der Waals surface area contributed by atoms with Gasteiger partial charge < -0.3 is 24.2 Å². The lowest BCUT2D eigenvalue weighted by atomic mass is 9.89. The molecule has 2 N–H and O–H groups in total. The number of nitrogens with zero attached hydrogens (tertiary/aromatic N) is 4. The summed E-state index contributed by atoms with van der Waals surface area (Å²) in [5.74, 6) is -3.63. The van der Waals surface area contributed by atoms with Crippen LogP contribution in [0.1, 0.15) is 38.3 Å². The van der Waals surface area contributed by atoms with Crippen LogP contribution in [0.2, 0.25) is 0 Å². The Labute approximate surface area is 199 Å². The number of aliphatic hydroxyl groups is 2. The van der Waals surface area contributed by atoms with Gasteiger partial charge >= 0.3 is 0 Å². The van der Waals surface area contributed by atoms with Crippen LogP contribution in [0.3, 0.4) is 0 Å². The Balaban J connectivity index is 1.65. The van der Waals surface area contributed by atoms with Gasteiger partial charge in [0.25, 0.3) is 0 Å². The summed E-state index contributed by atoms with van der Waals surface area (Å²) in [5, 5.41) is 32.8. The van der Waals surface area contributed by atoms with Crippen LogP contribution < -0.4 is 0 Å². The van der Waals surface area contributed by atoms with Crippen molar-refractivity contribution in [2.45, 2.75) is 63.1 Å². The molecule has 9 nitrogen and oxygen atoms in total. The number of ether oxygens (including phenoxy) is 2. The molecule has 2 aromatic heterocycles. The maximum absolute atomic E-state index is 13.7. The lowest BCUT2D eigenvalue weighted by Crippen LogP contribution is -2.57. The van der Waals surface area contributed by atoms with E-state index in [4.69, 9.17) is 14.0 Å². The Kier molecular flexibility index (Phi) is 7.00. The molecule has 4 rings (SSSR count). The highest BCUT2D eigenvalue weighted by molar-refractivity contribution is 5.57. The Bertz CT molecular complexity index is 1160. The fourth-order valence-electron chi connectivity index (χ4n) is 4.16. The van der Waals surface area contributed by atoms with Gasteiger partial charge in [-0.15, -0.1) is 5.10 Å². The molecule has 1 aromatic carbocycles. The molecule has 3 heterocycles. The minimum absolute atomic E-state index is 0.0317. The highest BCUT2D eigenvalue weighted by atomic mass is 19.2. The van der Waals surface area contributed by atoms with Gasteiger partial charge in [-0.2, -0.15) is 0 Å². The number of rotatable bonds is 6. The topological polar surface area (TPSA) is 116 Å². The zero-order valence-electron chi connectivity index (χ0n) is 19.7. The van der Waals surface area contributed by atoms with Crippen molar-refractivity contribution < 1.29 is 37.4 Å². The molecular formula is C23H27F3N4O5. The first-order chi connectivity index (χ1) is 16.5. The van der Waals surface area contributed by atoms with Gasteiger partial charge in [0.05, 0.1) is 24.6 Å². The van der Waals surface area contributed by atoms with E-state index in [9.17, 15) is 23.4 Å². The van der Waals surface area contributed by atoms with Crippen LogP contribution >= 0.6 is 0 Å². The summed E-state index contributed by atoms with van der Waals surface area (Å²) in [6.45, 7) is 5.48. The van der Waals surface area contributed by atoms with Crippen LogP contribution in [-0.2, 0) is 21.3 Å². The van der Waals surface area contributed by atoms with E-state index in [2.05, 4.69) is 15.5 Å². The van der Waals surface area contributed by atoms with Crippen LogP contribution in [0.5, 0.6) is 0 Å². The summed E-state index contributed by atoms with van der Waals surface area (Å²) in [6, 6.07) is 2.55. The first-order valence-corrected chi connectivity index (χ1v) is 11.0. The van der Waals surface area contributed by atoms with E-state index >= 15 is 0 Å². The summed E-state index contributed by atoms with van der Waals surface area (Å²) in [4.78, 5) is 0. The fraction of sp³-hybridized carbons (Fsp3) is 0.522. The summed E-state index contributed by atoms with van der Waals surface area (Å²) in [6.07, 6.45) is -2.03. The van der Waals surface area contributed by atoms with Gasteiger partial charge in [0.15, 0.2) is 17.5 Å². The highest BCUT2D eigenvalue weighted by Crippen LogP contribution is 2.34. The molecule has 0 unspecified atom stereocenters. The quantitative estimate of drug-likeness (QED) is 0.501. The third-order valence-corrected chi connectivity index (χ3v) is 6.04. The molecule has 1 aliphatic heterocycles. The molecule has 5 atom stereocenters. The molecule has 190 valence electrons. The Hall–Kier alpha value is -2.80. The number of aliphatic hydroxyl groups excluding tert-OH is 2. The first kappa shape index (κ1) is 25.3. The van der Waals surface area contributed by atoms with E-state index in [-0.39, 0.29) is 23.1 Å². The van der Waals surface area contributed by atoms with Crippen LogP contribution in [-0.4, -0.2) is 68.5 Å². The standard InChI is InChI=1S/C23H27F3N4O5/c1-23(2,3)18-8-12(28-35-18)7-16-22(33-4)20(21(32)17(10-31)34-16)30-9-15(27-29-30)11-5-13(24)19(26)14(25)6-11/h5-6,8-9,16-17,20-22,31-32H,7,10H2,1-4H3/t16-,17-,20+,21+,22+/m1/s1. The zero-order chi connectivity index (χ0) is 25.5. The minimum atomic E-state index is -1.59. The van der Waals surface area contributed by atoms with Crippen LogP contribution in [0, 0.1) is 17.5 Å². The minimum Gasteiger partial charge on any atom is -0.394 e. The van der Waals surface area contributed by atoms with Crippen LogP contribution in [0.15, 0.2) is 28.9 Å². The SMILES string of the molecule is CO[C@@H]1[C@@H](n2cc(-c3cc(F)c(F)c(F)c3)nn2)[C@@H](O)[C@@H](CO)O[C@@H]1Cc1cc(C(C)(C)C)on1. The lowest BCUT2D eigenvalue weighted by molar-refractivity contribution is -0.212. The molecule has 3 aromatic rings. The van der Waals surface area contributed by atoms with E-state index in [0.717, 1.165) is 12.1 Å². The molecule has 12 heteroatoms. The molecular weight excluding hydrogens is 469 g/mol. The van der Waals surface area contributed by atoms with Gasteiger partial charge in [0.2, 0.25) is 0 Å². The molecule has 0 radical (unpaired) electrons. The number of benzene rings is 1. The molecule has 0 aliphatic carbocycles. The van der Waals surface area contributed by atoms with Gasteiger partial charge in [-0.1, -0.05) is 31.1 Å². The first-order valence-electron chi connectivity index (χ1n) is 11.0. The molecule has 1 fully saturated rings. The predicted molar refractivity (Wildman–Crippen MR) is 116 cm³/mol. The van der Waals surface area contributed by atoms with Gasteiger partial charge in [-0.3, -0.25) is 0 Å². The second-order valence-electron chi connectivity index (χ2n) is 9.55. The van der Waals surface area contributed by atoms with Crippen molar-refractivity contribution in [2.24, 2.45) is 0 Å². The third kappa shape index (κ3) is 4.96.